The molecule has 2 aromatic rings. The summed E-state index contributed by atoms with van der Waals surface area (Å²) in [4.78, 5) is 42.1. The number of carbonyl (C=O) groups excluding carboxylic acids is 2. The molecule has 38 heavy (non-hydrogen) atoms. The van der Waals surface area contributed by atoms with Gasteiger partial charge in [-0.3, -0.25) is 14.5 Å². The highest BCUT2D eigenvalue weighted by Crippen LogP contribution is 2.26. The summed E-state index contributed by atoms with van der Waals surface area (Å²) < 4.78 is 0. The number of benzene rings is 1. The fourth-order valence-corrected chi connectivity index (χ4v) is 5.86. The number of anilines is 2. The van der Waals surface area contributed by atoms with E-state index in [1.165, 1.54) is 11.1 Å². The summed E-state index contributed by atoms with van der Waals surface area (Å²) in [5.74, 6) is 0.980. The molecule has 3 aliphatic rings. The van der Waals surface area contributed by atoms with E-state index in [4.69, 9.17) is 0 Å². The van der Waals surface area contributed by atoms with Crippen molar-refractivity contribution in [2.45, 2.75) is 57.3 Å². The van der Waals surface area contributed by atoms with Gasteiger partial charge in [-0.2, -0.15) is 4.98 Å². The summed E-state index contributed by atoms with van der Waals surface area (Å²) in [6, 6.07) is 10.4. The first kappa shape index (κ1) is 26.4. The topological polar surface area (TPSA) is 105 Å². The van der Waals surface area contributed by atoms with E-state index in [2.05, 4.69) is 44.5 Å². The summed E-state index contributed by atoms with van der Waals surface area (Å²) >= 11 is 0. The third kappa shape index (κ3) is 5.76. The van der Waals surface area contributed by atoms with Crippen LogP contribution in [0.5, 0.6) is 0 Å². The second kappa shape index (κ2) is 11.2. The highest BCUT2D eigenvalue weighted by atomic mass is 16.3. The number of rotatable bonds is 5. The Hall–Kier alpha value is -3.24. The molecule has 2 fully saturated rings. The molecule has 2 amide bonds. The fraction of sp³-hybridized carbons (Fsp3) is 0.571. The van der Waals surface area contributed by atoms with Crippen LogP contribution in [0.4, 0.5) is 11.8 Å². The second-order valence-electron chi connectivity index (χ2n) is 10.9. The van der Waals surface area contributed by atoms with Crippen LogP contribution < -0.4 is 10.2 Å². The molecular formula is C28H39N7O3. The molecule has 0 aliphatic carbocycles. The lowest BCUT2D eigenvalue weighted by Crippen LogP contribution is -2.56. The molecule has 10 heteroatoms. The van der Waals surface area contributed by atoms with E-state index in [1.807, 2.05) is 19.0 Å². The van der Waals surface area contributed by atoms with Crippen LogP contribution in [0.3, 0.4) is 0 Å². The summed E-state index contributed by atoms with van der Waals surface area (Å²) in [7, 11) is 3.70. The minimum absolute atomic E-state index is 0.0354. The maximum Gasteiger partial charge on any atom is 0.272 e. The SMILES string of the molecule is CC(=O)N1CCC(Nc2cc(C(=O)N3CC[C@@H](N4CCc5ccccc5C4)[C@H](O)C3)nc(N(C)C)n2)CC1. The Morgan fingerprint density at radius 2 is 1.71 bits per heavy atom. The zero-order valence-corrected chi connectivity index (χ0v) is 22.6. The van der Waals surface area contributed by atoms with Gasteiger partial charge in [-0.25, -0.2) is 4.98 Å². The Balaban J connectivity index is 1.24. The number of nitrogens with one attached hydrogen (secondary N) is 1. The smallest absolute Gasteiger partial charge is 0.272 e. The van der Waals surface area contributed by atoms with Gasteiger partial charge in [0.2, 0.25) is 11.9 Å². The number of hydrogen-bond donors (Lipinski definition) is 2. The van der Waals surface area contributed by atoms with Crippen molar-refractivity contribution >= 4 is 23.6 Å². The Kier molecular flexibility index (Phi) is 7.80. The zero-order valence-electron chi connectivity index (χ0n) is 22.6. The number of carbonyl (C=O) groups is 2. The van der Waals surface area contributed by atoms with Crippen molar-refractivity contribution in [3.8, 4) is 0 Å². The number of β-amino-alcohol motifs (C(OH)–C–C–N with tert-alkyl or cyclic N) is 1. The number of likely N-dealkylation sites (tertiary alicyclic amines) is 2. The molecule has 0 radical (unpaired) electrons. The highest BCUT2D eigenvalue weighted by molar-refractivity contribution is 5.93. The predicted octanol–water partition coefficient (Wildman–Crippen LogP) is 1.60. The van der Waals surface area contributed by atoms with E-state index < -0.39 is 6.10 Å². The highest BCUT2D eigenvalue weighted by Gasteiger charge is 2.36. The molecule has 2 saturated heterocycles. The van der Waals surface area contributed by atoms with Crippen molar-refractivity contribution in [2.75, 3.05) is 57.0 Å². The summed E-state index contributed by atoms with van der Waals surface area (Å²) in [5, 5.41) is 14.6. The Bertz CT molecular complexity index is 1160. The van der Waals surface area contributed by atoms with Crippen LogP contribution >= 0.6 is 0 Å². The standard InChI is InChI=1S/C28H39N7O3/c1-19(36)33-13-9-22(10-14-33)29-26-16-23(30-28(31-26)32(2)3)27(38)35-15-11-24(25(37)18-35)34-12-8-20-6-4-5-7-21(20)17-34/h4-7,16,22,24-25,37H,8-15,17-18H2,1-3H3,(H,29,30,31)/t24-,25-/m1/s1. The van der Waals surface area contributed by atoms with Crippen LogP contribution in [0.1, 0.15) is 47.8 Å². The van der Waals surface area contributed by atoms with Crippen LogP contribution in [0.15, 0.2) is 30.3 Å². The van der Waals surface area contributed by atoms with Crippen molar-refractivity contribution in [1.82, 2.24) is 24.7 Å². The number of piperidine rings is 2. The first-order valence-corrected chi connectivity index (χ1v) is 13.6. The number of hydrogen-bond acceptors (Lipinski definition) is 8. The number of amides is 2. The Morgan fingerprint density at radius 1 is 1.00 bits per heavy atom. The van der Waals surface area contributed by atoms with Gasteiger partial charge in [-0.05, 0) is 36.8 Å². The van der Waals surface area contributed by atoms with Crippen molar-refractivity contribution in [1.29, 1.82) is 0 Å². The van der Waals surface area contributed by atoms with Crippen LogP contribution in [0, 0.1) is 0 Å². The Morgan fingerprint density at radius 3 is 2.39 bits per heavy atom. The van der Waals surface area contributed by atoms with E-state index in [0.29, 0.717) is 37.1 Å². The number of aromatic nitrogens is 2. The van der Waals surface area contributed by atoms with Gasteiger partial charge >= 0.3 is 0 Å². The number of nitrogens with zero attached hydrogens (tertiary/aromatic N) is 6. The van der Waals surface area contributed by atoms with Gasteiger partial charge in [0.15, 0.2) is 0 Å². The average molecular weight is 522 g/mol. The lowest BCUT2D eigenvalue weighted by Gasteiger charge is -2.43. The fourth-order valence-electron chi connectivity index (χ4n) is 5.86. The number of aliphatic hydroxyl groups is 1. The molecule has 1 aromatic carbocycles. The molecule has 5 rings (SSSR count). The molecule has 0 unspecified atom stereocenters. The van der Waals surface area contributed by atoms with Crippen molar-refractivity contribution in [3.63, 3.8) is 0 Å². The zero-order chi connectivity index (χ0) is 26.8. The molecule has 1 aromatic heterocycles. The minimum atomic E-state index is -0.614. The van der Waals surface area contributed by atoms with Crippen molar-refractivity contribution in [3.05, 3.63) is 47.2 Å². The van der Waals surface area contributed by atoms with E-state index in [9.17, 15) is 14.7 Å². The van der Waals surface area contributed by atoms with E-state index in [1.54, 1.807) is 22.8 Å². The first-order valence-electron chi connectivity index (χ1n) is 13.6. The van der Waals surface area contributed by atoms with Crippen LogP contribution in [-0.2, 0) is 17.8 Å². The van der Waals surface area contributed by atoms with E-state index in [-0.39, 0.29) is 30.4 Å². The van der Waals surface area contributed by atoms with Crippen LogP contribution in [0.25, 0.3) is 0 Å². The molecular weight excluding hydrogens is 482 g/mol. The first-order chi connectivity index (χ1) is 18.3. The monoisotopic (exact) mass is 521 g/mol. The van der Waals surface area contributed by atoms with Crippen LogP contribution in [-0.4, -0.2) is 107 Å². The molecule has 2 atom stereocenters. The summed E-state index contributed by atoms with van der Waals surface area (Å²) in [5.41, 5.74) is 3.04. The Labute approximate surface area is 224 Å². The van der Waals surface area contributed by atoms with Gasteiger partial charge in [-0.15, -0.1) is 0 Å². The summed E-state index contributed by atoms with van der Waals surface area (Å²) in [6.07, 6.45) is 2.74. The minimum Gasteiger partial charge on any atom is -0.390 e. The molecule has 0 spiro atoms. The average Bonchev–Trinajstić information content (AvgIpc) is 2.92. The molecule has 3 aliphatic heterocycles. The van der Waals surface area contributed by atoms with Crippen molar-refractivity contribution < 1.29 is 14.7 Å². The number of fused-ring (bicyclic) bond motifs is 1. The van der Waals surface area contributed by atoms with Gasteiger partial charge in [-0.1, -0.05) is 24.3 Å². The second-order valence-corrected chi connectivity index (χ2v) is 10.9. The van der Waals surface area contributed by atoms with Gasteiger partial charge in [0.05, 0.1) is 6.10 Å². The molecule has 0 saturated carbocycles. The number of aliphatic hydroxyl groups excluding tert-OH is 1. The molecule has 4 heterocycles. The largest absolute Gasteiger partial charge is 0.390 e. The predicted molar refractivity (Wildman–Crippen MR) is 146 cm³/mol. The molecule has 0 bridgehead atoms. The van der Waals surface area contributed by atoms with Gasteiger partial charge < -0.3 is 25.1 Å². The quantitative estimate of drug-likeness (QED) is 0.612. The normalized spacial score (nSPS) is 22.6. The van der Waals surface area contributed by atoms with Gasteiger partial charge in [0.25, 0.3) is 5.91 Å². The molecule has 204 valence electrons. The van der Waals surface area contributed by atoms with Gasteiger partial charge in [0, 0.05) is 78.4 Å². The third-order valence-corrected chi connectivity index (χ3v) is 8.09. The molecule has 10 nitrogen and oxygen atoms in total. The van der Waals surface area contributed by atoms with Crippen molar-refractivity contribution in [2.24, 2.45) is 0 Å². The summed E-state index contributed by atoms with van der Waals surface area (Å²) in [6.45, 7) is 5.64. The van der Waals surface area contributed by atoms with E-state index in [0.717, 1.165) is 38.8 Å². The van der Waals surface area contributed by atoms with E-state index >= 15 is 0 Å². The van der Waals surface area contributed by atoms with Crippen LogP contribution in [0.2, 0.25) is 0 Å². The van der Waals surface area contributed by atoms with Gasteiger partial charge in [0.1, 0.15) is 11.5 Å². The maximum absolute atomic E-state index is 13.5. The lowest BCUT2D eigenvalue weighted by atomic mass is 9.94. The molecule has 2 N–H and O–H groups in total. The third-order valence-electron chi connectivity index (χ3n) is 8.09. The maximum atomic E-state index is 13.5. The lowest BCUT2D eigenvalue weighted by molar-refractivity contribution is -0.129.